The minimum Gasteiger partial charge on any atom is -0.481 e. The summed E-state index contributed by atoms with van der Waals surface area (Å²) in [5.41, 5.74) is 0.547. The van der Waals surface area contributed by atoms with Gasteiger partial charge >= 0.3 is 5.97 Å². The molecule has 6 nitrogen and oxygen atoms in total. The van der Waals surface area contributed by atoms with Crippen molar-refractivity contribution in [3.63, 3.8) is 0 Å². The van der Waals surface area contributed by atoms with Crippen LogP contribution in [0.3, 0.4) is 0 Å². The maximum absolute atomic E-state index is 12.3. The van der Waals surface area contributed by atoms with Crippen molar-refractivity contribution in [3.05, 3.63) is 23.9 Å². The lowest BCUT2D eigenvalue weighted by molar-refractivity contribution is -0.143. The topological polar surface area (TPSA) is 82.5 Å². The van der Waals surface area contributed by atoms with Gasteiger partial charge in [-0.15, -0.1) is 0 Å². The summed E-state index contributed by atoms with van der Waals surface area (Å²) in [5.74, 6) is -0.571. The molecule has 0 spiro atoms. The Bertz CT molecular complexity index is 531. The van der Waals surface area contributed by atoms with Crippen molar-refractivity contribution in [2.24, 2.45) is 5.92 Å². The monoisotopic (exact) mass is 291 g/mol. The summed E-state index contributed by atoms with van der Waals surface area (Å²) in [6.45, 7) is 0. The van der Waals surface area contributed by atoms with Crippen LogP contribution >= 0.6 is 0 Å². The molecule has 1 aromatic heterocycles. The van der Waals surface area contributed by atoms with Gasteiger partial charge in [0, 0.05) is 31.9 Å². The summed E-state index contributed by atoms with van der Waals surface area (Å²) >= 11 is 0. The fourth-order valence-corrected chi connectivity index (χ4v) is 2.62. The Kier molecular flexibility index (Phi) is 4.77. The first kappa shape index (κ1) is 15.3. The molecule has 0 radical (unpaired) electrons. The smallest absolute Gasteiger partial charge is 0.306 e. The zero-order valence-electron chi connectivity index (χ0n) is 12.4. The third-order valence-electron chi connectivity index (χ3n) is 3.82. The van der Waals surface area contributed by atoms with E-state index < -0.39 is 5.97 Å². The van der Waals surface area contributed by atoms with Gasteiger partial charge in [-0.3, -0.25) is 9.59 Å². The lowest BCUT2D eigenvalue weighted by Gasteiger charge is -2.27. The Morgan fingerprint density at radius 2 is 2.14 bits per heavy atom. The first-order valence-electron chi connectivity index (χ1n) is 7.14. The largest absolute Gasteiger partial charge is 0.481 e. The average Bonchev–Trinajstić information content (AvgIpc) is 2.47. The number of hydrogen-bond donors (Lipinski definition) is 2. The second-order valence-electron chi connectivity index (χ2n) is 5.67. The Hall–Kier alpha value is -2.11. The van der Waals surface area contributed by atoms with Crippen molar-refractivity contribution in [2.75, 3.05) is 19.0 Å². The van der Waals surface area contributed by atoms with Crippen molar-refractivity contribution in [2.45, 2.75) is 31.7 Å². The molecule has 0 aliphatic heterocycles. The number of carboxylic acid groups (broad SMARTS) is 1. The van der Waals surface area contributed by atoms with Gasteiger partial charge < -0.3 is 15.3 Å². The van der Waals surface area contributed by atoms with E-state index in [2.05, 4.69) is 10.3 Å². The molecule has 1 aliphatic rings. The van der Waals surface area contributed by atoms with Crippen LogP contribution in [-0.4, -0.2) is 42.1 Å². The van der Waals surface area contributed by atoms with Gasteiger partial charge in [-0.05, 0) is 31.4 Å². The number of carboxylic acids is 1. The van der Waals surface area contributed by atoms with E-state index in [-0.39, 0.29) is 17.9 Å². The number of nitrogens with one attached hydrogen (secondary N) is 1. The second kappa shape index (κ2) is 6.56. The van der Waals surface area contributed by atoms with Crippen LogP contribution in [0.5, 0.6) is 0 Å². The Balaban J connectivity index is 2.01. The summed E-state index contributed by atoms with van der Waals surface area (Å²) in [5, 5.41) is 12.0. The van der Waals surface area contributed by atoms with E-state index >= 15 is 0 Å². The van der Waals surface area contributed by atoms with Gasteiger partial charge in [0.2, 0.25) is 0 Å². The van der Waals surface area contributed by atoms with Crippen LogP contribution < -0.4 is 10.2 Å². The molecular formula is C15H21N3O3. The van der Waals surface area contributed by atoms with Gasteiger partial charge in [0.15, 0.2) is 0 Å². The van der Waals surface area contributed by atoms with Crippen LogP contribution in [-0.2, 0) is 4.79 Å². The van der Waals surface area contributed by atoms with Gasteiger partial charge in [0.25, 0.3) is 5.91 Å². The highest BCUT2D eigenvalue weighted by atomic mass is 16.4. The number of amides is 1. The predicted molar refractivity (Wildman–Crippen MR) is 79.4 cm³/mol. The molecule has 2 N–H and O–H groups in total. The number of aromatic nitrogens is 1. The molecule has 1 amide bonds. The van der Waals surface area contributed by atoms with Gasteiger partial charge in [-0.1, -0.05) is 6.42 Å². The van der Waals surface area contributed by atoms with Crippen LogP contribution in [0.2, 0.25) is 0 Å². The Morgan fingerprint density at radius 1 is 1.38 bits per heavy atom. The van der Waals surface area contributed by atoms with Crippen LogP contribution in [0.25, 0.3) is 0 Å². The fourth-order valence-electron chi connectivity index (χ4n) is 2.62. The summed E-state index contributed by atoms with van der Waals surface area (Å²) in [6, 6.07) is 3.33. The number of pyridine rings is 1. The van der Waals surface area contributed by atoms with E-state index in [4.69, 9.17) is 5.11 Å². The van der Waals surface area contributed by atoms with Gasteiger partial charge in [0.05, 0.1) is 5.92 Å². The van der Waals surface area contributed by atoms with Gasteiger partial charge in [-0.2, -0.15) is 0 Å². The zero-order valence-corrected chi connectivity index (χ0v) is 12.4. The summed E-state index contributed by atoms with van der Waals surface area (Å²) in [6.07, 6.45) is 4.47. The lowest BCUT2D eigenvalue weighted by Crippen LogP contribution is -2.40. The molecule has 2 rings (SSSR count). The number of rotatable bonds is 4. The quantitative estimate of drug-likeness (QED) is 0.879. The molecule has 0 aromatic carbocycles. The highest BCUT2D eigenvalue weighted by Crippen LogP contribution is 2.24. The molecule has 1 saturated carbocycles. The molecule has 6 heteroatoms. The van der Waals surface area contributed by atoms with Crippen LogP contribution in [0.1, 0.15) is 36.0 Å². The average molecular weight is 291 g/mol. The molecule has 0 bridgehead atoms. The predicted octanol–water partition coefficient (Wildman–Crippen LogP) is 1.52. The van der Waals surface area contributed by atoms with Crippen LogP contribution in [0.4, 0.5) is 5.82 Å². The Morgan fingerprint density at radius 3 is 2.81 bits per heavy atom. The molecule has 0 saturated heterocycles. The van der Waals surface area contributed by atoms with E-state index in [1.165, 1.54) is 0 Å². The standard InChI is InChI=1S/C15H21N3O3/c1-18(2)13-9-10(6-7-16-13)14(19)17-12-5-3-4-11(8-12)15(20)21/h6-7,9,11-12H,3-5,8H2,1-2H3,(H,17,19)(H,20,21). The minimum atomic E-state index is -0.771. The Labute approximate surface area is 124 Å². The van der Waals surface area contributed by atoms with E-state index in [0.29, 0.717) is 18.4 Å². The number of anilines is 1. The molecular weight excluding hydrogens is 270 g/mol. The molecule has 21 heavy (non-hydrogen) atoms. The third-order valence-corrected chi connectivity index (χ3v) is 3.82. The molecule has 2 atom stereocenters. The maximum Gasteiger partial charge on any atom is 0.306 e. The summed E-state index contributed by atoms with van der Waals surface area (Å²) in [7, 11) is 3.73. The normalized spacial score (nSPS) is 21.6. The number of carbonyl (C=O) groups excluding carboxylic acids is 1. The van der Waals surface area contributed by atoms with E-state index in [1.807, 2.05) is 19.0 Å². The van der Waals surface area contributed by atoms with Crippen molar-refractivity contribution in [3.8, 4) is 0 Å². The molecule has 1 aromatic rings. The van der Waals surface area contributed by atoms with Gasteiger partial charge in [-0.25, -0.2) is 4.98 Å². The third kappa shape index (κ3) is 3.93. The van der Waals surface area contributed by atoms with Gasteiger partial charge in [0.1, 0.15) is 5.82 Å². The van der Waals surface area contributed by atoms with E-state index in [1.54, 1.807) is 18.3 Å². The summed E-state index contributed by atoms with van der Waals surface area (Å²) in [4.78, 5) is 29.3. The minimum absolute atomic E-state index is 0.0664. The van der Waals surface area contributed by atoms with Crippen molar-refractivity contribution in [1.82, 2.24) is 10.3 Å². The second-order valence-corrected chi connectivity index (χ2v) is 5.67. The van der Waals surface area contributed by atoms with E-state index in [0.717, 1.165) is 18.7 Å². The SMILES string of the molecule is CN(C)c1cc(C(=O)NC2CCCC(C(=O)O)C2)ccn1. The highest BCUT2D eigenvalue weighted by molar-refractivity contribution is 5.95. The number of nitrogens with zero attached hydrogens (tertiary/aromatic N) is 2. The number of aliphatic carboxylic acids is 1. The number of carbonyl (C=O) groups is 2. The van der Waals surface area contributed by atoms with E-state index in [9.17, 15) is 9.59 Å². The van der Waals surface area contributed by atoms with Crippen molar-refractivity contribution >= 4 is 17.7 Å². The first-order chi connectivity index (χ1) is 9.97. The zero-order chi connectivity index (χ0) is 15.4. The van der Waals surface area contributed by atoms with Crippen molar-refractivity contribution in [1.29, 1.82) is 0 Å². The summed E-state index contributed by atoms with van der Waals surface area (Å²) < 4.78 is 0. The highest BCUT2D eigenvalue weighted by Gasteiger charge is 2.28. The molecule has 2 unspecified atom stereocenters. The van der Waals surface area contributed by atoms with Crippen LogP contribution in [0.15, 0.2) is 18.3 Å². The molecule has 1 heterocycles. The maximum atomic E-state index is 12.3. The number of hydrogen-bond acceptors (Lipinski definition) is 4. The molecule has 1 aliphatic carbocycles. The molecule has 1 fully saturated rings. The molecule has 114 valence electrons. The lowest BCUT2D eigenvalue weighted by atomic mass is 9.85. The fraction of sp³-hybridized carbons (Fsp3) is 0.533. The van der Waals surface area contributed by atoms with Crippen LogP contribution in [0, 0.1) is 5.92 Å². The van der Waals surface area contributed by atoms with Crippen molar-refractivity contribution < 1.29 is 14.7 Å². The first-order valence-corrected chi connectivity index (χ1v) is 7.14.